The topological polar surface area (TPSA) is 75.6 Å². The molecule has 0 aromatic rings. The van der Waals surface area contributed by atoms with Gasteiger partial charge in [0, 0.05) is 32.6 Å². The van der Waals surface area contributed by atoms with Crippen molar-refractivity contribution in [2.75, 3.05) is 25.5 Å². The van der Waals surface area contributed by atoms with Crippen LogP contribution in [-0.4, -0.2) is 44.6 Å². The zero-order valence-electron chi connectivity index (χ0n) is 11.4. The molecule has 112 valence electrons. The van der Waals surface area contributed by atoms with Gasteiger partial charge in [0.25, 0.3) is 0 Å². The third kappa shape index (κ3) is 5.02. The van der Waals surface area contributed by atoms with E-state index in [0.29, 0.717) is 26.1 Å². The van der Waals surface area contributed by atoms with Gasteiger partial charge in [-0.25, -0.2) is 13.1 Å². The van der Waals surface area contributed by atoms with Crippen LogP contribution in [-0.2, 0) is 14.8 Å². The van der Waals surface area contributed by atoms with E-state index in [1.807, 2.05) is 0 Å². The summed E-state index contributed by atoms with van der Waals surface area (Å²) in [6.45, 7) is 1.12. The Morgan fingerprint density at radius 1 is 1.16 bits per heavy atom. The first kappa shape index (κ1) is 15.2. The number of ether oxygens (including phenoxy) is 1. The molecule has 2 fully saturated rings. The second kappa shape index (κ2) is 6.52. The van der Waals surface area contributed by atoms with E-state index in [1.165, 1.54) is 6.42 Å². The number of hydrogen-bond donors (Lipinski definition) is 2. The highest BCUT2D eigenvalue weighted by molar-refractivity contribution is 7.89. The number of rotatable bonds is 5. The minimum atomic E-state index is -3.27. The molecule has 1 saturated heterocycles. The minimum absolute atomic E-state index is 0.116. The number of hydrogen-bond acceptors (Lipinski definition) is 4. The van der Waals surface area contributed by atoms with Crippen LogP contribution in [0, 0.1) is 5.92 Å². The van der Waals surface area contributed by atoms with Crippen molar-refractivity contribution in [3.05, 3.63) is 0 Å². The molecule has 0 aromatic heterocycles. The third-order valence-electron chi connectivity index (χ3n) is 4.22. The van der Waals surface area contributed by atoms with Gasteiger partial charge in [-0.2, -0.15) is 0 Å². The maximum atomic E-state index is 12.0. The summed E-state index contributed by atoms with van der Waals surface area (Å²) in [5.74, 6) is 0.495. The molecule has 2 rings (SSSR count). The van der Waals surface area contributed by atoms with Crippen molar-refractivity contribution in [1.29, 1.82) is 0 Å². The summed E-state index contributed by atoms with van der Waals surface area (Å²) < 4.78 is 31.8. The molecule has 0 amide bonds. The first-order valence-corrected chi connectivity index (χ1v) is 8.92. The molecule has 6 heteroatoms. The zero-order chi connectivity index (χ0) is 13.8. The first-order valence-electron chi connectivity index (χ1n) is 7.27. The highest BCUT2D eigenvalue weighted by Crippen LogP contribution is 2.25. The molecule has 0 spiro atoms. The Hall–Kier alpha value is -0.170. The normalized spacial score (nSPS) is 25.3. The number of aliphatic hydroxyl groups is 1. The third-order valence-corrected chi connectivity index (χ3v) is 5.72. The van der Waals surface area contributed by atoms with Crippen LogP contribution in [0.15, 0.2) is 0 Å². The summed E-state index contributed by atoms with van der Waals surface area (Å²) in [6, 6.07) is 0. The Labute approximate surface area is 115 Å². The Bertz CT molecular complexity index is 370. The summed E-state index contributed by atoms with van der Waals surface area (Å²) >= 11 is 0. The highest BCUT2D eigenvalue weighted by Gasteiger charge is 2.31. The summed E-state index contributed by atoms with van der Waals surface area (Å²) in [4.78, 5) is 0. The molecule has 0 radical (unpaired) electrons. The molecule has 0 aromatic carbocycles. The molecule has 0 atom stereocenters. The summed E-state index contributed by atoms with van der Waals surface area (Å²) in [6.07, 6.45) is 6.53. The van der Waals surface area contributed by atoms with Crippen LogP contribution >= 0.6 is 0 Å². The van der Waals surface area contributed by atoms with Crippen LogP contribution < -0.4 is 4.72 Å². The molecule has 5 nitrogen and oxygen atoms in total. The molecule has 19 heavy (non-hydrogen) atoms. The Morgan fingerprint density at radius 3 is 2.42 bits per heavy atom. The Balaban J connectivity index is 1.79. The molecular weight excluding hydrogens is 266 g/mol. The van der Waals surface area contributed by atoms with E-state index in [2.05, 4.69) is 4.72 Å². The van der Waals surface area contributed by atoms with E-state index in [-0.39, 0.29) is 18.2 Å². The van der Waals surface area contributed by atoms with Crippen molar-refractivity contribution in [2.45, 2.75) is 50.5 Å². The van der Waals surface area contributed by atoms with Crippen LogP contribution in [0.1, 0.15) is 44.9 Å². The van der Waals surface area contributed by atoms with Crippen LogP contribution in [0.4, 0.5) is 0 Å². The van der Waals surface area contributed by atoms with Crippen LogP contribution in [0.25, 0.3) is 0 Å². The second-order valence-electron chi connectivity index (χ2n) is 5.94. The van der Waals surface area contributed by atoms with Gasteiger partial charge in [-0.1, -0.05) is 19.3 Å². The summed E-state index contributed by atoms with van der Waals surface area (Å²) in [5.41, 5.74) is -0.933. The smallest absolute Gasteiger partial charge is 0.211 e. The fourth-order valence-electron chi connectivity index (χ4n) is 2.90. The molecular formula is C13H25NO4S. The lowest BCUT2D eigenvalue weighted by molar-refractivity contribution is -0.0588. The molecule has 1 aliphatic heterocycles. The fourth-order valence-corrected chi connectivity index (χ4v) is 4.46. The quantitative estimate of drug-likeness (QED) is 0.793. The number of sulfonamides is 1. The van der Waals surface area contributed by atoms with Crippen molar-refractivity contribution in [2.24, 2.45) is 5.92 Å². The van der Waals surface area contributed by atoms with Gasteiger partial charge in [0.15, 0.2) is 0 Å². The van der Waals surface area contributed by atoms with Crippen molar-refractivity contribution in [3.63, 3.8) is 0 Å². The van der Waals surface area contributed by atoms with Crippen LogP contribution in [0.2, 0.25) is 0 Å². The van der Waals surface area contributed by atoms with Crippen molar-refractivity contribution in [1.82, 2.24) is 4.72 Å². The van der Waals surface area contributed by atoms with Crippen molar-refractivity contribution in [3.8, 4) is 0 Å². The van der Waals surface area contributed by atoms with Gasteiger partial charge in [-0.05, 0) is 18.8 Å². The Kier molecular flexibility index (Phi) is 5.22. The molecule has 1 heterocycles. The molecule has 1 aliphatic carbocycles. The maximum absolute atomic E-state index is 12.0. The van der Waals surface area contributed by atoms with Crippen LogP contribution in [0.3, 0.4) is 0 Å². The monoisotopic (exact) mass is 291 g/mol. The first-order chi connectivity index (χ1) is 8.99. The zero-order valence-corrected chi connectivity index (χ0v) is 12.3. The lowest BCUT2D eigenvalue weighted by Gasteiger charge is -2.32. The molecule has 0 bridgehead atoms. The van der Waals surface area contributed by atoms with Crippen molar-refractivity contribution < 1.29 is 18.3 Å². The molecule has 0 unspecified atom stereocenters. The molecule has 2 N–H and O–H groups in total. The minimum Gasteiger partial charge on any atom is -0.388 e. The van der Waals surface area contributed by atoms with E-state index in [0.717, 1.165) is 25.7 Å². The van der Waals surface area contributed by atoms with E-state index in [1.54, 1.807) is 0 Å². The van der Waals surface area contributed by atoms with Crippen molar-refractivity contribution >= 4 is 10.0 Å². The van der Waals surface area contributed by atoms with Gasteiger partial charge < -0.3 is 9.84 Å². The largest absolute Gasteiger partial charge is 0.388 e. The van der Waals surface area contributed by atoms with Crippen LogP contribution in [0.5, 0.6) is 0 Å². The van der Waals surface area contributed by atoms with Gasteiger partial charge in [0.2, 0.25) is 10.0 Å². The predicted octanol–water partition coefficient (Wildman–Crippen LogP) is 1.03. The lowest BCUT2D eigenvalue weighted by Crippen LogP contribution is -2.47. The molecule has 1 saturated carbocycles. The second-order valence-corrected chi connectivity index (χ2v) is 7.79. The van der Waals surface area contributed by atoms with Gasteiger partial charge in [0.05, 0.1) is 11.4 Å². The van der Waals surface area contributed by atoms with Gasteiger partial charge in [-0.3, -0.25) is 0 Å². The van der Waals surface area contributed by atoms with E-state index in [4.69, 9.17) is 4.74 Å². The summed E-state index contributed by atoms with van der Waals surface area (Å²) in [7, 11) is -3.27. The Morgan fingerprint density at radius 2 is 1.79 bits per heavy atom. The maximum Gasteiger partial charge on any atom is 0.211 e. The lowest BCUT2D eigenvalue weighted by atomic mass is 9.91. The fraction of sp³-hybridized carbons (Fsp3) is 1.00. The van der Waals surface area contributed by atoms with E-state index in [9.17, 15) is 13.5 Å². The van der Waals surface area contributed by atoms with Gasteiger partial charge in [-0.15, -0.1) is 0 Å². The van der Waals surface area contributed by atoms with Gasteiger partial charge in [0.1, 0.15) is 0 Å². The number of nitrogens with one attached hydrogen (secondary N) is 1. The SMILES string of the molecule is O=S(=O)(CC1CCCCC1)NCC1(O)CCOCC1. The van der Waals surface area contributed by atoms with E-state index >= 15 is 0 Å². The van der Waals surface area contributed by atoms with E-state index < -0.39 is 15.6 Å². The average Bonchev–Trinajstić information content (AvgIpc) is 2.38. The summed E-state index contributed by atoms with van der Waals surface area (Å²) in [5, 5.41) is 10.2. The average molecular weight is 291 g/mol. The predicted molar refractivity (Wildman–Crippen MR) is 73.4 cm³/mol. The molecule has 2 aliphatic rings. The van der Waals surface area contributed by atoms with Gasteiger partial charge >= 0.3 is 0 Å². The highest BCUT2D eigenvalue weighted by atomic mass is 32.2. The standard InChI is InChI=1S/C13H25NO4S/c15-13(6-8-18-9-7-13)11-14-19(16,17)10-12-4-2-1-3-5-12/h12,14-15H,1-11H2.